The number of H-pyrrole nitrogens is 1. The Morgan fingerprint density at radius 2 is 2.50 bits per heavy atom. The molecule has 2 unspecified atom stereocenters. The predicted octanol–water partition coefficient (Wildman–Crippen LogP) is 1.13. The van der Waals surface area contributed by atoms with E-state index in [2.05, 4.69) is 27.4 Å². The van der Waals surface area contributed by atoms with E-state index in [0.717, 1.165) is 30.7 Å². The molecule has 14 heavy (non-hydrogen) atoms. The number of hydrogen-bond donors (Lipinski definition) is 2. The van der Waals surface area contributed by atoms with Crippen LogP contribution in [0.5, 0.6) is 0 Å². The van der Waals surface area contributed by atoms with Crippen LogP contribution < -0.4 is 5.32 Å². The first-order chi connectivity index (χ1) is 6.84. The van der Waals surface area contributed by atoms with Crippen molar-refractivity contribution < 1.29 is 0 Å². The maximum atomic E-state index is 4.09. The third-order valence-corrected chi connectivity index (χ3v) is 2.95. The summed E-state index contributed by atoms with van der Waals surface area (Å²) in [5, 5.41) is 10.3. The molecule has 0 radical (unpaired) electrons. The highest BCUT2D eigenvalue weighted by Crippen LogP contribution is 2.24. The molecule has 1 aliphatic rings. The summed E-state index contributed by atoms with van der Waals surface area (Å²) in [7, 11) is 0. The molecule has 0 spiro atoms. The highest BCUT2D eigenvalue weighted by molar-refractivity contribution is 4.83. The van der Waals surface area contributed by atoms with Gasteiger partial charge >= 0.3 is 0 Å². The van der Waals surface area contributed by atoms with E-state index in [1.165, 1.54) is 19.3 Å². The Labute approximate surface area is 84.5 Å². The van der Waals surface area contributed by atoms with Gasteiger partial charge in [-0.25, -0.2) is 4.98 Å². The average molecular weight is 194 g/mol. The van der Waals surface area contributed by atoms with Gasteiger partial charge in [-0.05, 0) is 25.2 Å². The molecule has 0 amide bonds. The predicted molar refractivity (Wildman–Crippen MR) is 54.9 cm³/mol. The zero-order valence-electron chi connectivity index (χ0n) is 8.66. The van der Waals surface area contributed by atoms with Crippen LogP contribution in [0.25, 0.3) is 0 Å². The van der Waals surface area contributed by atoms with Gasteiger partial charge in [-0.15, -0.1) is 0 Å². The summed E-state index contributed by atoms with van der Waals surface area (Å²) in [6, 6.07) is 0.730. The second-order valence-electron chi connectivity index (χ2n) is 4.25. The third-order valence-electron chi connectivity index (χ3n) is 2.95. The smallest absolute Gasteiger partial charge is 0.137 e. The van der Waals surface area contributed by atoms with Crippen LogP contribution in [0.15, 0.2) is 6.33 Å². The minimum Gasteiger partial charge on any atom is -0.314 e. The van der Waals surface area contributed by atoms with Gasteiger partial charge in [0.25, 0.3) is 0 Å². The summed E-state index contributed by atoms with van der Waals surface area (Å²) in [4.78, 5) is 4.09. The highest BCUT2D eigenvalue weighted by atomic mass is 15.2. The molecule has 4 nitrogen and oxygen atoms in total. The van der Waals surface area contributed by atoms with Crippen LogP contribution in [0.3, 0.4) is 0 Å². The molecule has 0 aliphatic heterocycles. The van der Waals surface area contributed by atoms with Crippen molar-refractivity contribution in [2.24, 2.45) is 5.92 Å². The molecule has 0 saturated heterocycles. The van der Waals surface area contributed by atoms with E-state index < -0.39 is 0 Å². The van der Waals surface area contributed by atoms with Gasteiger partial charge < -0.3 is 5.32 Å². The summed E-state index contributed by atoms with van der Waals surface area (Å²) >= 11 is 0. The Bertz CT molecular complexity index is 257. The van der Waals surface area contributed by atoms with E-state index in [9.17, 15) is 0 Å². The summed E-state index contributed by atoms with van der Waals surface area (Å²) < 4.78 is 0. The number of rotatable bonds is 4. The first kappa shape index (κ1) is 9.65. The van der Waals surface area contributed by atoms with Gasteiger partial charge in [-0.2, -0.15) is 5.10 Å². The van der Waals surface area contributed by atoms with E-state index >= 15 is 0 Å². The van der Waals surface area contributed by atoms with Crippen LogP contribution in [0.1, 0.15) is 32.0 Å². The van der Waals surface area contributed by atoms with Crippen molar-refractivity contribution in [3.8, 4) is 0 Å². The van der Waals surface area contributed by atoms with Crippen LogP contribution in [0.4, 0.5) is 0 Å². The quantitative estimate of drug-likeness (QED) is 0.755. The maximum Gasteiger partial charge on any atom is 0.137 e. The molecular formula is C10H18N4. The Morgan fingerprint density at radius 3 is 3.14 bits per heavy atom. The van der Waals surface area contributed by atoms with Crippen LogP contribution in [0.2, 0.25) is 0 Å². The fraction of sp³-hybridized carbons (Fsp3) is 0.800. The molecule has 1 aromatic rings. The van der Waals surface area contributed by atoms with Gasteiger partial charge in [0.2, 0.25) is 0 Å². The molecule has 2 atom stereocenters. The standard InChI is InChI=1S/C10H18N4/c1-8-2-3-9(6-8)11-5-4-10-12-7-13-14-10/h7-9,11H,2-6H2,1H3,(H,12,13,14). The molecule has 2 N–H and O–H groups in total. The molecule has 0 bridgehead atoms. The second-order valence-corrected chi connectivity index (χ2v) is 4.25. The second kappa shape index (κ2) is 4.55. The van der Waals surface area contributed by atoms with Crippen LogP contribution in [-0.4, -0.2) is 27.8 Å². The van der Waals surface area contributed by atoms with Crippen molar-refractivity contribution in [1.82, 2.24) is 20.5 Å². The largest absolute Gasteiger partial charge is 0.314 e. The molecular weight excluding hydrogens is 176 g/mol. The Kier molecular flexibility index (Phi) is 3.14. The monoisotopic (exact) mass is 194 g/mol. The Morgan fingerprint density at radius 1 is 1.57 bits per heavy atom. The van der Waals surface area contributed by atoms with Gasteiger partial charge in [0.05, 0.1) is 0 Å². The zero-order chi connectivity index (χ0) is 9.80. The normalized spacial score (nSPS) is 26.9. The summed E-state index contributed by atoms with van der Waals surface area (Å²) in [6.45, 7) is 3.34. The summed E-state index contributed by atoms with van der Waals surface area (Å²) in [5.41, 5.74) is 0. The van der Waals surface area contributed by atoms with Crippen LogP contribution in [-0.2, 0) is 6.42 Å². The Balaban J connectivity index is 1.64. The first-order valence-corrected chi connectivity index (χ1v) is 5.42. The van der Waals surface area contributed by atoms with Gasteiger partial charge in [-0.1, -0.05) is 6.92 Å². The molecule has 4 heteroatoms. The first-order valence-electron chi connectivity index (χ1n) is 5.42. The molecule has 1 aliphatic carbocycles. The van der Waals surface area contributed by atoms with Gasteiger partial charge in [0.1, 0.15) is 12.2 Å². The minimum atomic E-state index is 0.730. The van der Waals surface area contributed by atoms with Crippen molar-refractivity contribution in [2.75, 3.05) is 6.54 Å². The average Bonchev–Trinajstić information content (AvgIpc) is 2.77. The SMILES string of the molecule is CC1CCC(NCCc2ncn[nH]2)C1. The molecule has 78 valence electrons. The molecule has 0 aromatic carbocycles. The summed E-state index contributed by atoms with van der Waals surface area (Å²) in [5.74, 6) is 1.88. The lowest BCUT2D eigenvalue weighted by atomic mass is 10.1. The molecule has 1 fully saturated rings. The lowest BCUT2D eigenvalue weighted by Crippen LogP contribution is -2.28. The van der Waals surface area contributed by atoms with Crippen molar-refractivity contribution in [2.45, 2.75) is 38.6 Å². The lowest BCUT2D eigenvalue weighted by molar-refractivity contribution is 0.503. The van der Waals surface area contributed by atoms with E-state index in [1.54, 1.807) is 6.33 Å². The van der Waals surface area contributed by atoms with Gasteiger partial charge in [-0.3, -0.25) is 5.10 Å². The topological polar surface area (TPSA) is 53.6 Å². The van der Waals surface area contributed by atoms with Gasteiger partial charge in [0.15, 0.2) is 0 Å². The zero-order valence-corrected chi connectivity index (χ0v) is 8.66. The van der Waals surface area contributed by atoms with Crippen molar-refractivity contribution in [3.63, 3.8) is 0 Å². The molecule has 2 rings (SSSR count). The lowest BCUT2D eigenvalue weighted by Gasteiger charge is -2.10. The molecule has 1 saturated carbocycles. The molecule has 1 aromatic heterocycles. The van der Waals surface area contributed by atoms with E-state index in [0.29, 0.717) is 0 Å². The van der Waals surface area contributed by atoms with Crippen LogP contribution >= 0.6 is 0 Å². The number of aromatic amines is 1. The fourth-order valence-electron chi connectivity index (χ4n) is 2.14. The van der Waals surface area contributed by atoms with E-state index in [1.807, 2.05) is 0 Å². The molecule has 1 heterocycles. The maximum absolute atomic E-state index is 4.09. The van der Waals surface area contributed by atoms with Crippen molar-refractivity contribution >= 4 is 0 Å². The van der Waals surface area contributed by atoms with Crippen molar-refractivity contribution in [3.05, 3.63) is 12.2 Å². The Hall–Kier alpha value is -0.900. The highest BCUT2D eigenvalue weighted by Gasteiger charge is 2.20. The number of hydrogen-bond acceptors (Lipinski definition) is 3. The van der Waals surface area contributed by atoms with Crippen LogP contribution in [0, 0.1) is 5.92 Å². The summed E-state index contributed by atoms with van der Waals surface area (Å²) in [6.07, 6.45) is 6.55. The number of aromatic nitrogens is 3. The van der Waals surface area contributed by atoms with E-state index in [-0.39, 0.29) is 0 Å². The number of nitrogens with one attached hydrogen (secondary N) is 2. The van der Waals surface area contributed by atoms with Crippen molar-refractivity contribution in [1.29, 1.82) is 0 Å². The minimum absolute atomic E-state index is 0.730. The van der Waals surface area contributed by atoms with E-state index in [4.69, 9.17) is 0 Å². The number of nitrogens with zero attached hydrogens (tertiary/aromatic N) is 2. The fourth-order valence-corrected chi connectivity index (χ4v) is 2.14. The van der Waals surface area contributed by atoms with Gasteiger partial charge in [0, 0.05) is 19.0 Å². The third kappa shape index (κ3) is 2.54.